The predicted molar refractivity (Wildman–Crippen MR) is 122 cm³/mol. The molecule has 0 spiro atoms. The summed E-state index contributed by atoms with van der Waals surface area (Å²) in [6.45, 7) is 0.449. The third-order valence-corrected chi connectivity index (χ3v) is 6.05. The smallest absolute Gasteiger partial charge is 0.333 e. The molecule has 3 N–H and O–H groups in total. The monoisotopic (exact) mass is 481 g/mol. The third kappa shape index (κ3) is 6.02. The van der Waals surface area contributed by atoms with E-state index < -0.39 is 10.3 Å². The number of hydrogen-bond donors (Lipinski definition) is 2. The van der Waals surface area contributed by atoms with Crippen molar-refractivity contribution >= 4 is 21.9 Å². The molecule has 1 aliphatic carbocycles. The molecule has 11 nitrogen and oxygen atoms in total. The Morgan fingerprint density at radius 1 is 1.32 bits per heavy atom. The average molecular weight is 482 g/mol. The molecule has 176 valence electrons. The standard InChI is InChI=1S/C22H23N7O4S/c23-10-15-2-1-3-16(8-15)12-29-7-6-20(28-29)21(30)19-11-25-14-26-22(19)27-18-5-4-17(9-18)13-33-34(24,31)32/h1-3,6-8,11,14,17-18H,4-5,9,12-13H2,(H2,24,31,32)(H,25,26,27). The topological polar surface area (TPSA) is 166 Å². The van der Waals surface area contributed by atoms with Crippen LogP contribution in [-0.2, 0) is 21.0 Å². The zero-order chi connectivity index (χ0) is 24.1. The number of anilines is 1. The van der Waals surface area contributed by atoms with Crippen molar-refractivity contribution in [2.45, 2.75) is 31.8 Å². The summed E-state index contributed by atoms with van der Waals surface area (Å²) in [7, 11) is -3.97. The SMILES string of the molecule is N#Cc1cccc(Cn2ccc(C(=O)c3cncnc3NC3CCC(COS(N)(=O)=O)C3)n2)c1. The molecule has 0 amide bonds. The van der Waals surface area contributed by atoms with E-state index in [0.29, 0.717) is 29.9 Å². The molecule has 0 radical (unpaired) electrons. The first-order valence-corrected chi connectivity index (χ1v) is 12.1. The Bertz CT molecular complexity index is 1330. The van der Waals surface area contributed by atoms with E-state index in [4.69, 9.17) is 14.6 Å². The highest BCUT2D eigenvalue weighted by molar-refractivity contribution is 7.84. The Hall–Kier alpha value is -3.66. The first-order valence-electron chi connectivity index (χ1n) is 10.6. The van der Waals surface area contributed by atoms with Gasteiger partial charge in [0.15, 0.2) is 0 Å². The minimum atomic E-state index is -3.97. The fraction of sp³-hybridized carbons (Fsp3) is 0.318. The highest BCUT2D eigenvalue weighted by atomic mass is 32.2. The van der Waals surface area contributed by atoms with Crippen LogP contribution in [0.15, 0.2) is 49.1 Å². The van der Waals surface area contributed by atoms with Crippen molar-refractivity contribution in [3.05, 3.63) is 71.4 Å². The predicted octanol–water partition coefficient (Wildman–Crippen LogP) is 1.62. The Kier molecular flexibility index (Phi) is 6.97. The molecule has 34 heavy (non-hydrogen) atoms. The van der Waals surface area contributed by atoms with Gasteiger partial charge in [-0.3, -0.25) is 13.7 Å². The Balaban J connectivity index is 1.43. The van der Waals surface area contributed by atoms with Crippen LogP contribution in [0.2, 0.25) is 0 Å². The maximum Gasteiger partial charge on any atom is 0.333 e. The van der Waals surface area contributed by atoms with Crippen LogP contribution in [0, 0.1) is 17.2 Å². The summed E-state index contributed by atoms with van der Waals surface area (Å²) >= 11 is 0. The zero-order valence-electron chi connectivity index (χ0n) is 18.2. The fourth-order valence-corrected chi connectivity index (χ4v) is 4.37. The molecule has 1 fully saturated rings. The van der Waals surface area contributed by atoms with Crippen LogP contribution >= 0.6 is 0 Å². The summed E-state index contributed by atoms with van der Waals surface area (Å²) in [4.78, 5) is 21.4. The van der Waals surface area contributed by atoms with Crippen molar-refractivity contribution in [2.75, 3.05) is 11.9 Å². The van der Waals surface area contributed by atoms with E-state index in [9.17, 15) is 13.2 Å². The second-order valence-corrected chi connectivity index (χ2v) is 9.34. The number of benzene rings is 1. The number of ketones is 1. The Morgan fingerprint density at radius 2 is 2.18 bits per heavy atom. The van der Waals surface area contributed by atoms with Crippen LogP contribution < -0.4 is 10.5 Å². The lowest BCUT2D eigenvalue weighted by atomic mass is 10.1. The van der Waals surface area contributed by atoms with E-state index in [0.717, 1.165) is 18.4 Å². The molecule has 1 aromatic carbocycles. The summed E-state index contributed by atoms with van der Waals surface area (Å²) in [5.74, 6) is 0.112. The molecule has 0 aliphatic heterocycles. The quantitative estimate of drug-likeness (QED) is 0.432. The first-order chi connectivity index (χ1) is 16.3. The molecular formula is C22H23N7O4S. The summed E-state index contributed by atoms with van der Waals surface area (Å²) in [6, 6.07) is 10.9. The molecular weight excluding hydrogens is 458 g/mol. The van der Waals surface area contributed by atoms with Crippen LogP contribution in [0.25, 0.3) is 0 Å². The zero-order valence-corrected chi connectivity index (χ0v) is 19.0. The van der Waals surface area contributed by atoms with Crippen molar-refractivity contribution in [1.29, 1.82) is 5.26 Å². The maximum atomic E-state index is 13.1. The minimum Gasteiger partial charge on any atom is -0.367 e. The fourth-order valence-electron chi connectivity index (χ4n) is 3.99. The van der Waals surface area contributed by atoms with Crippen LogP contribution in [0.4, 0.5) is 5.82 Å². The molecule has 0 saturated heterocycles. The number of nitrogens with two attached hydrogens (primary N) is 1. The minimum absolute atomic E-state index is 0.000460. The molecule has 2 aromatic heterocycles. The van der Waals surface area contributed by atoms with Gasteiger partial charge in [-0.05, 0) is 48.9 Å². The lowest BCUT2D eigenvalue weighted by Gasteiger charge is -2.15. The van der Waals surface area contributed by atoms with Crippen LogP contribution in [0.3, 0.4) is 0 Å². The largest absolute Gasteiger partial charge is 0.367 e. The third-order valence-electron chi connectivity index (χ3n) is 5.58. The molecule has 1 saturated carbocycles. The number of nitrogens with zero attached hydrogens (tertiary/aromatic N) is 5. The van der Waals surface area contributed by atoms with Gasteiger partial charge >= 0.3 is 10.3 Å². The lowest BCUT2D eigenvalue weighted by Crippen LogP contribution is -2.22. The number of nitriles is 1. The van der Waals surface area contributed by atoms with Gasteiger partial charge in [0.25, 0.3) is 0 Å². The van der Waals surface area contributed by atoms with Crippen molar-refractivity contribution < 1.29 is 17.4 Å². The summed E-state index contributed by atoms with van der Waals surface area (Å²) < 4.78 is 28.4. The Morgan fingerprint density at radius 3 is 2.97 bits per heavy atom. The van der Waals surface area contributed by atoms with Crippen molar-refractivity contribution in [1.82, 2.24) is 19.7 Å². The van der Waals surface area contributed by atoms with E-state index in [1.165, 1.54) is 12.5 Å². The molecule has 3 aromatic rings. The van der Waals surface area contributed by atoms with E-state index in [2.05, 4.69) is 26.5 Å². The Labute approximate surface area is 196 Å². The summed E-state index contributed by atoms with van der Waals surface area (Å²) in [5.41, 5.74) is 2.00. The second kappa shape index (κ2) is 10.1. The number of nitrogens with one attached hydrogen (secondary N) is 1. The van der Waals surface area contributed by atoms with Crippen LogP contribution in [0.5, 0.6) is 0 Å². The van der Waals surface area contributed by atoms with E-state index in [1.54, 1.807) is 35.1 Å². The van der Waals surface area contributed by atoms with Gasteiger partial charge < -0.3 is 5.32 Å². The van der Waals surface area contributed by atoms with Crippen molar-refractivity contribution in [3.8, 4) is 6.07 Å². The normalized spacial score (nSPS) is 17.9. The molecule has 12 heteroatoms. The highest BCUT2D eigenvalue weighted by Crippen LogP contribution is 2.29. The molecule has 4 rings (SSSR count). The van der Waals surface area contributed by atoms with Gasteiger partial charge in [-0.1, -0.05) is 12.1 Å². The molecule has 2 heterocycles. The van der Waals surface area contributed by atoms with E-state index >= 15 is 0 Å². The van der Waals surface area contributed by atoms with Crippen LogP contribution in [0.1, 0.15) is 46.4 Å². The number of rotatable bonds is 9. The highest BCUT2D eigenvalue weighted by Gasteiger charge is 2.28. The second-order valence-electron chi connectivity index (χ2n) is 8.12. The van der Waals surface area contributed by atoms with E-state index in [-0.39, 0.29) is 30.0 Å². The van der Waals surface area contributed by atoms with E-state index in [1.807, 2.05) is 6.07 Å². The van der Waals surface area contributed by atoms with Gasteiger partial charge in [0, 0.05) is 18.4 Å². The number of aromatic nitrogens is 4. The number of hydrogen-bond acceptors (Lipinski definition) is 9. The van der Waals surface area contributed by atoms with Gasteiger partial charge in [-0.2, -0.15) is 18.8 Å². The lowest BCUT2D eigenvalue weighted by molar-refractivity contribution is 0.103. The van der Waals surface area contributed by atoms with Crippen LogP contribution in [-0.4, -0.2) is 46.6 Å². The van der Waals surface area contributed by atoms with Gasteiger partial charge in [0.2, 0.25) is 5.78 Å². The summed E-state index contributed by atoms with van der Waals surface area (Å²) in [6.07, 6.45) is 6.70. The first kappa shape index (κ1) is 23.5. The van der Waals surface area contributed by atoms with Gasteiger partial charge in [-0.15, -0.1) is 0 Å². The van der Waals surface area contributed by atoms with Gasteiger partial charge in [0.05, 0.1) is 30.3 Å². The molecule has 2 atom stereocenters. The van der Waals surface area contributed by atoms with Gasteiger partial charge in [-0.25, -0.2) is 15.1 Å². The number of carbonyl (C=O) groups is 1. The molecule has 2 unspecified atom stereocenters. The van der Waals surface area contributed by atoms with Crippen molar-refractivity contribution in [3.63, 3.8) is 0 Å². The molecule has 1 aliphatic rings. The maximum absolute atomic E-state index is 13.1. The summed E-state index contributed by atoms with van der Waals surface area (Å²) in [5, 5.41) is 21.6. The average Bonchev–Trinajstić information content (AvgIpc) is 3.47. The molecule has 0 bridgehead atoms. The number of carbonyl (C=O) groups excluding carboxylic acids is 1. The van der Waals surface area contributed by atoms with Crippen molar-refractivity contribution in [2.24, 2.45) is 11.1 Å². The van der Waals surface area contributed by atoms with Gasteiger partial charge in [0.1, 0.15) is 17.8 Å².